The second-order valence-electron chi connectivity index (χ2n) is 5.01. The van der Waals surface area contributed by atoms with Crippen molar-refractivity contribution in [2.75, 3.05) is 12.4 Å². The van der Waals surface area contributed by atoms with Crippen molar-refractivity contribution in [2.45, 2.75) is 39.7 Å². The zero-order valence-corrected chi connectivity index (χ0v) is 13.3. The lowest BCUT2D eigenvalue weighted by Crippen LogP contribution is -2.25. The van der Waals surface area contributed by atoms with Crippen molar-refractivity contribution >= 4 is 28.7 Å². The maximum atomic E-state index is 11.8. The molecule has 0 aliphatic carbocycles. The molecule has 0 atom stereocenters. The molecular weight excluding hydrogens is 288 g/mol. The smallest absolute Gasteiger partial charge is 0.221 e. The summed E-state index contributed by atoms with van der Waals surface area (Å²) < 4.78 is 2.01. The Morgan fingerprint density at radius 3 is 2.90 bits per heavy atom. The first-order chi connectivity index (χ1) is 10.2. The van der Waals surface area contributed by atoms with Crippen LogP contribution in [0.1, 0.15) is 31.3 Å². The topological polar surface area (TPSA) is 59.8 Å². The third-order valence-electron chi connectivity index (χ3n) is 3.26. The highest BCUT2D eigenvalue weighted by atomic mass is 35.5. The molecule has 6 heteroatoms. The molecule has 0 unspecified atom stereocenters. The fraction of sp³-hybridized carbons (Fsp3) is 0.533. The number of nitrogens with zero attached hydrogens (tertiary/aromatic N) is 3. The predicted octanol–water partition coefficient (Wildman–Crippen LogP) is 2.44. The molecular formula is C15H21ClN4O. The Hall–Kier alpha value is -1.62. The number of fused-ring (bicyclic) bond motifs is 1. The number of alkyl halides is 1. The van der Waals surface area contributed by atoms with Crippen molar-refractivity contribution in [2.24, 2.45) is 0 Å². The lowest BCUT2D eigenvalue weighted by atomic mass is 10.3. The van der Waals surface area contributed by atoms with Crippen LogP contribution in [-0.2, 0) is 17.8 Å². The van der Waals surface area contributed by atoms with E-state index in [2.05, 4.69) is 15.3 Å². The van der Waals surface area contributed by atoms with E-state index < -0.39 is 0 Å². The monoisotopic (exact) mass is 308 g/mol. The van der Waals surface area contributed by atoms with Crippen LogP contribution in [0.15, 0.2) is 12.1 Å². The van der Waals surface area contributed by atoms with Gasteiger partial charge in [0.15, 0.2) is 5.65 Å². The Bertz CT molecular complexity index is 623. The van der Waals surface area contributed by atoms with Crippen LogP contribution in [0, 0.1) is 6.92 Å². The quantitative estimate of drug-likeness (QED) is 0.799. The Labute approximate surface area is 129 Å². The standard InChI is InChI=1S/C15H21ClN4O/c1-3-9-17-14(21)7-10-20-13(6-8-16)19-12-5-4-11(2)18-15(12)20/h4-5H,3,6-10H2,1-2H3,(H,17,21). The summed E-state index contributed by atoms with van der Waals surface area (Å²) in [6.45, 7) is 5.28. The van der Waals surface area contributed by atoms with Crippen LogP contribution in [0.4, 0.5) is 0 Å². The van der Waals surface area contributed by atoms with Crippen molar-refractivity contribution in [3.8, 4) is 0 Å². The third-order valence-corrected chi connectivity index (χ3v) is 3.45. The molecule has 114 valence electrons. The summed E-state index contributed by atoms with van der Waals surface area (Å²) in [5, 5.41) is 2.89. The fourth-order valence-electron chi connectivity index (χ4n) is 2.22. The molecule has 2 heterocycles. The van der Waals surface area contributed by atoms with Crippen molar-refractivity contribution < 1.29 is 4.79 Å². The van der Waals surface area contributed by atoms with Gasteiger partial charge >= 0.3 is 0 Å². The Kier molecular flexibility index (Phi) is 5.56. The molecule has 1 N–H and O–H groups in total. The average molecular weight is 309 g/mol. The van der Waals surface area contributed by atoms with Gasteiger partial charge in [0.1, 0.15) is 11.3 Å². The molecule has 0 spiro atoms. The number of rotatable bonds is 7. The number of pyridine rings is 1. The van der Waals surface area contributed by atoms with E-state index >= 15 is 0 Å². The van der Waals surface area contributed by atoms with Crippen LogP contribution in [0.3, 0.4) is 0 Å². The van der Waals surface area contributed by atoms with Gasteiger partial charge in [0.05, 0.1) is 0 Å². The van der Waals surface area contributed by atoms with Gasteiger partial charge in [0.2, 0.25) is 5.91 Å². The van der Waals surface area contributed by atoms with Gasteiger partial charge in [-0.05, 0) is 25.5 Å². The van der Waals surface area contributed by atoms with Gasteiger partial charge < -0.3 is 9.88 Å². The fourth-order valence-corrected chi connectivity index (χ4v) is 2.39. The maximum absolute atomic E-state index is 11.8. The lowest BCUT2D eigenvalue weighted by molar-refractivity contribution is -0.121. The van der Waals surface area contributed by atoms with Gasteiger partial charge in [-0.3, -0.25) is 4.79 Å². The average Bonchev–Trinajstić information content (AvgIpc) is 2.80. The number of halogens is 1. The van der Waals surface area contributed by atoms with Crippen LogP contribution < -0.4 is 5.32 Å². The SMILES string of the molecule is CCCNC(=O)CCn1c(CCCl)nc2ccc(C)nc21. The Balaban J connectivity index is 2.21. The summed E-state index contributed by atoms with van der Waals surface area (Å²) in [5.41, 5.74) is 2.63. The van der Waals surface area contributed by atoms with E-state index in [0.717, 1.165) is 35.6 Å². The second-order valence-corrected chi connectivity index (χ2v) is 5.39. The Morgan fingerprint density at radius 2 is 2.19 bits per heavy atom. The number of carbonyl (C=O) groups excluding carboxylic acids is 1. The zero-order chi connectivity index (χ0) is 15.2. The van der Waals surface area contributed by atoms with E-state index in [0.29, 0.717) is 25.3 Å². The zero-order valence-electron chi connectivity index (χ0n) is 12.5. The maximum Gasteiger partial charge on any atom is 0.221 e. The molecule has 0 aliphatic rings. The molecule has 2 rings (SSSR count). The van der Waals surface area contributed by atoms with Crippen LogP contribution in [0.5, 0.6) is 0 Å². The first-order valence-corrected chi connectivity index (χ1v) is 7.84. The van der Waals surface area contributed by atoms with Gasteiger partial charge in [-0.15, -0.1) is 11.6 Å². The Morgan fingerprint density at radius 1 is 1.38 bits per heavy atom. The second kappa shape index (κ2) is 7.41. The van der Waals surface area contributed by atoms with Crippen LogP contribution in [0.2, 0.25) is 0 Å². The van der Waals surface area contributed by atoms with Crippen LogP contribution >= 0.6 is 11.6 Å². The molecule has 0 aromatic carbocycles. The molecule has 0 saturated heterocycles. The predicted molar refractivity (Wildman–Crippen MR) is 84.6 cm³/mol. The van der Waals surface area contributed by atoms with Gasteiger partial charge in [-0.1, -0.05) is 6.92 Å². The highest BCUT2D eigenvalue weighted by Gasteiger charge is 2.13. The molecule has 2 aromatic rings. The number of nitrogens with one attached hydrogen (secondary N) is 1. The van der Waals surface area contributed by atoms with Gasteiger partial charge in [-0.2, -0.15) is 0 Å². The highest BCUT2D eigenvalue weighted by Crippen LogP contribution is 2.16. The summed E-state index contributed by atoms with van der Waals surface area (Å²) in [7, 11) is 0. The van der Waals surface area contributed by atoms with Crippen LogP contribution in [0.25, 0.3) is 11.2 Å². The van der Waals surface area contributed by atoms with E-state index in [1.54, 1.807) is 0 Å². The van der Waals surface area contributed by atoms with Crippen molar-refractivity contribution in [3.63, 3.8) is 0 Å². The number of hydrogen-bond donors (Lipinski definition) is 1. The molecule has 0 radical (unpaired) electrons. The van der Waals surface area contributed by atoms with Crippen molar-refractivity contribution in [1.29, 1.82) is 0 Å². The van der Waals surface area contributed by atoms with E-state index in [-0.39, 0.29) is 5.91 Å². The molecule has 1 amide bonds. The molecule has 5 nitrogen and oxygen atoms in total. The molecule has 0 fully saturated rings. The minimum absolute atomic E-state index is 0.0585. The summed E-state index contributed by atoms with van der Waals surface area (Å²) in [4.78, 5) is 20.9. The summed E-state index contributed by atoms with van der Waals surface area (Å²) in [5.74, 6) is 1.45. The van der Waals surface area contributed by atoms with Crippen molar-refractivity contribution in [1.82, 2.24) is 19.9 Å². The summed E-state index contributed by atoms with van der Waals surface area (Å²) in [6, 6.07) is 3.90. The van der Waals surface area contributed by atoms with Crippen LogP contribution in [-0.4, -0.2) is 32.9 Å². The minimum atomic E-state index is 0.0585. The van der Waals surface area contributed by atoms with E-state index in [4.69, 9.17) is 11.6 Å². The molecule has 0 bridgehead atoms. The first kappa shape index (κ1) is 15.8. The first-order valence-electron chi connectivity index (χ1n) is 7.31. The van der Waals surface area contributed by atoms with E-state index in [1.165, 1.54) is 0 Å². The van der Waals surface area contributed by atoms with E-state index in [1.807, 2.05) is 30.5 Å². The van der Waals surface area contributed by atoms with Gasteiger partial charge in [0.25, 0.3) is 0 Å². The normalized spacial score (nSPS) is 11.0. The van der Waals surface area contributed by atoms with Crippen molar-refractivity contribution in [3.05, 3.63) is 23.7 Å². The molecule has 2 aromatic heterocycles. The van der Waals surface area contributed by atoms with E-state index in [9.17, 15) is 4.79 Å². The largest absolute Gasteiger partial charge is 0.356 e. The number of imidazole rings is 1. The number of aryl methyl sites for hydroxylation is 3. The number of aromatic nitrogens is 3. The molecule has 0 aliphatic heterocycles. The number of hydrogen-bond acceptors (Lipinski definition) is 3. The summed E-state index contributed by atoms with van der Waals surface area (Å²) in [6.07, 6.45) is 2.04. The molecule has 21 heavy (non-hydrogen) atoms. The number of amides is 1. The summed E-state index contributed by atoms with van der Waals surface area (Å²) >= 11 is 5.85. The van der Waals surface area contributed by atoms with Gasteiger partial charge in [0, 0.05) is 37.5 Å². The lowest BCUT2D eigenvalue weighted by Gasteiger charge is -2.08. The van der Waals surface area contributed by atoms with Gasteiger partial charge in [-0.25, -0.2) is 9.97 Å². The third kappa shape index (κ3) is 3.94. The minimum Gasteiger partial charge on any atom is -0.356 e. The molecule has 0 saturated carbocycles. The highest BCUT2D eigenvalue weighted by molar-refractivity contribution is 6.17. The number of carbonyl (C=O) groups is 1.